The Morgan fingerprint density at radius 2 is 2.20 bits per heavy atom. The van der Waals surface area contributed by atoms with Gasteiger partial charge in [-0.3, -0.25) is 0 Å². The lowest BCUT2D eigenvalue weighted by Gasteiger charge is -2.25. The smallest absolute Gasteiger partial charge is 0.161 e. The number of benzene rings is 1. The Morgan fingerprint density at radius 3 is 2.80 bits per heavy atom. The molecule has 1 heterocycles. The third-order valence-electron chi connectivity index (χ3n) is 4.43. The predicted molar refractivity (Wildman–Crippen MR) is 77.4 cm³/mol. The molecule has 20 heavy (non-hydrogen) atoms. The molecule has 1 saturated heterocycles. The second-order valence-electron chi connectivity index (χ2n) is 5.81. The van der Waals surface area contributed by atoms with E-state index in [1.165, 1.54) is 18.4 Å². The van der Waals surface area contributed by atoms with Gasteiger partial charge < -0.3 is 19.9 Å². The van der Waals surface area contributed by atoms with Crippen LogP contribution in [0.25, 0.3) is 0 Å². The maximum absolute atomic E-state index is 6.02. The minimum Gasteiger partial charge on any atom is -0.493 e. The van der Waals surface area contributed by atoms with Gasteiger partial charge in [0, 0.05) is 18.6 Å². The zero-order valence-corrected chi connectivity index (χ0v) is 12.1. The highest BCUT2D eigenvalue weighted by Gasteiger charge is 2.43. The lowest BCUT2D eigenvalue weighted by atomic mass is 9.96. The molecule has 110 valence electrons. The topological polar surface area (TPSA) is 53.7 Å². The van der Waals surface area contributed by atoms with Gasteiger partial charge in [-0.25, -0.2) is 0 Å². The first-order chi connectivity index (χ1) is 9.77. The molecule has 3 rings (SSSR count). The summed E-state index contributed by atoms with van der Waals surface area (Å²) in [5, 5.41) is 0. The fourth-order valence-corrected chi connectivity index (χ4v) is 2.84. The Bertz CT molecular complexity index is 465. The van der Waals surface area contributed by atoms with E-state index in [9.17, 15) is 0 Å². The van der Waals surface area contributed by atoms with Crippen LogP contribution >= 0.6 is 0 Å². The highest BCUT2D eigenvalue weighted by molar-refractivity contribution is 5.47. The highest BCUT2D eigenvalue weighted by atomic mass is 16.5. The summed E-state index contributed by atoms with van der Waals surface area (Å²) in [5.41, 5.74) is 7.34. The molecule has 1 aromatic carbocycles. The summed E-state index contributed by atoms with van der Waals surface area (Å²) < 4.78 is 17.0. The normalized spacial score (nSPS) is 24.2. The van der Waals surface area contributed by atoms with Crippen molar-refractivity contribution in [3.63, 3.8) is 0 Å². The van der Waals surface area contributed by atoms with Gasteiger partial charge in [0.05, 0.1) is 13.7 Å². The second-order valence-corrected chi connectivity index (χ2v) is 5.81. The van der Waals surface area contributed by atoms with Gasteiger partial charge >= 0.3 is 0 Å². The Labute approximate surface area is 120 Å². The van der Waals surface area contributed by atoms with Crippen molar-refractivity contribution >= 4 is 0 Å². The number of hydrogen-bond donors (Lipinski definition) is 1. The maximum Gasteiger partial charge on any atom is 0.161 e. The molecule has 4 nitrogen and oxygen atoms in total. The van der Waals surface area contributed by atoms with Gasteiger partial charge in [0.2, 0.25) is 0 Å². The fourth-order valence-electron chi connectivity index (χ4n) is 2.84. The van der Waals surface area contributed by atoms with Crippen LogP contribution in [0.3, 0.4) is 0 Å². The molecular formula is C16H23NO3. The summed E-state index contributed by atoms with van der Waals surface area (Å²) in [6.45, 7) is 2.21. The van der Waals surface area contributed by atoms with Gasteiger partial charge in [-0.05, 0) is 43.4 Å². The summed E-state index contributed by atoms with van der Waals surface area (Å²) >= 11 is 0. The standard InChI is InChI=1S/C16H23NO3/c1-18-15-9-12(16(11-17)6-7-16)4-5-14(15)20-13-3-2-8-19-10-13/h4-5,9,13H,2-3,6-8,10-11,17H2,1H3. The summed E-state index contributed by atoms with van der Waals surface area (Å²) in [6, 6.07) is 6.22. The molecule has 0 bridgehead atoms. The van der Waals surface area contributed by atoms with E-state index < -0.39 is 0 Å². The lowest BCUT2D eigenvalue weighted by Crippen LogP contribution is -2.28. The average Bonchev–Trinajstić information content (AvgIpc) is 3.30. The van der Waals surface area contributed by atoms with Crippen molar-refractivity contribution < 1.29 is 14.2 Å². The van der Waals surface area contributed by atoms with Crippen LogP contribution in [0.1, 0.15) is 31.2 Å². The monoisotopic (exact) mass is 277 g/mol. The van der Waals surface area contributed by atoms with Gasteiger partial charge in [0.1, 0.15) is 6.10 Å². The van der Waals surface area contributed by atoms with E-state index in [0.717, 1.165) is 30.9 Å². The van der Waals surface area contributed by atoms with Gasteiger partial charge in [-0.15, -0.1) is 0 Å². The number of nitrogens with two attached hydrogens (primary N) is 1. The number of ether oxygens (including phenoxy) is 3. The van der Waals surface area contributed by atoms with E-state index >= 15 is 0 Å². The molecule has 2 fully saturated rings. The zero-order chi connectivity index (χ0) is 14.0. The molecule has 1 aliphatic carbocycles. The second kappa shape index (κ2) is 5.62. The van der Waals surface area contributed by atoms with Gasteiger partial charge in [0.15, 0.2) is 11.5 Å². The van der Waals surface area contributed by atoms with Crippen molar-refractivity contribution in [1.29, 1.82) is 0 Å². The first-order valence-electron chi connectivity index (χ1n) is 7.40. The molecule has 0 radical (unpaired) electrons. The minimum absolute atomic E-state index is 0.132. The highest BCUT2D eigenvalue weighted by Crippen LogP contribution is 2.49. The SMILES string of the molecule is COc1cc(C2(CN)CC2)ccc1OC1CCCOC1. The third-order valence-corrected chi connectivity index (χ3v) is 4.43. The Balaban J connectivity index is 1.77. The van der Waals surface area contributed by atoms with E-state index in [0.29, 0.717) is 13.2 Å². The van der Waals surface area contributed by atoms with Crippen LogP contribution in [-0.2, 0) is 10.2 Å². The molecular weight excluding hydrogens is 254 g/mol. The van der Waals surface area contributed by atoms with Gasteiger partial charge in [-0.1, -0.05) is 6.07 Å². The van der Waals surface area contributed by atoms with Crippen molar-refractivity contribution in [2.45, 2.75) is 37.2 Å². The van der Waals surface area contributed by atoms with E-state index in [2.05, 4.69) is 12.1 Å². The maximum atomic E-state index is 6.02. The van der Waals surface area contributed by atoms with Crippen LogP contribution in [0.15, 0.2) is 18.2 Å². The van der Waals surface area contributed by atoms with Crippen LogP contribution < -0.4 is 15.2 Å². The van der Waals surface area contributed by atoms with E-state index in [1.807, 2.05) is 6.07 Å². The number of methoxy groups -OCH3 is 1. The molecule has 0 amide bonds. The van der Waals surface area contributed by atoms with Crippen LogP contribution in [0, 0.1) is 0 Å². The Hall–Kier alpha value is -1.26. The summed E-state index contributed by atoms with van der Waals surface area (Å²) in [6.07, 6.45) is 4.57. The van der Waals surface area contributed by atoms with E-state index in [-0.39, 0.29) is 11.5 Å². The van der Waals surface area contributed by atoms with Crippen LogP contribution in [0.2, 0.25) is 0 Å². The average molecular weight is 277 g/mol. The van der Waals surface area contributed by atoms with Gasteiger partial charge in [0.25, 0.3) is 0 Å². The van der Waals surface area contributed by atoms with Crippen LogP contribution in [0.5, 0.6) is 11.5 Å². The number of rotatable bonds is 5. The van der Waals surface area contributed by atoms with E-state index in [4.69, 9.17) is 19.9 Å². The molecule has 2 aliphatic rings. The van der Waals surface area contributed by atoms with Crippen LogP contribution in [0.4, 0.5) is 0 Å². The van der Waals surface area contributed by atoms with Crippen molar-refractivity contribution in [1.82, 2.24) is 0 Å². The third kappa shape index (κ3) is 2.63. The van der Waals surface area contributed by atoms with Gasteiger partial charge in [-0.2, -0.15) is 0 Å². The summed E-state index contributed by atoms with van der Waals surface area (Å²) in [7, 11) is 1.69. The summed E-state index contributed by atoms with van der Waals surface area (Å²) in [5.74, 6) is 1.60. The first kappa shape index (κ1) is 13.7. The van der Waals surface area contributed by atoms with Crippen LogP contribution in [-0.4, -0.2) is 33.0 Å². The number of hydrogen-bond acceptors (Lipinski definition) is 4. The first-order valence-corrected chi connectivity index (χ1v) is 7.40. The molecule has 1 aromatic rings. The van der Waals surface area contributed by atoms with Crippen molar-refractivity contribution in [3.05, 3.63) is 23.8 Å². The molecule has 0 aromatic heterocycles. The molecule has 1 aliphatic heterocycles. The fraction of sp³-hybridized carbons (Fsp3) is 0.625. The predicted octanol–water partition coefficient (Wildman–Crippen LogP) is 2.24. The molecule has 1 atom stereocenters. The Kier molecular flexibility index (Phi) is 3.85. The largest absolute Gasteiger partial charge is 0.493 e. The molecule has 1 unspecified atom stereocenters. The molecule has 2 N–H and O–H groups in total. The van der Waals surface area contributed by atoms with Crippen molar-refractivity contribution in [2.75, 3.05) is 26.9 Å². The van der Waals surface area contributed by atoms with E-state index in [1.54, 1.807) is 7.11 Å². The lowest BCUT2D eigenvalue weighted by molar-refractivity contribution is 0.00643. The van der Waals surface area contributed by atoms with Crippen molar-refractivity contribution in [3.8, 4) is 11.5 Å². The molecule has 0 spiro atoms. The minimum atomic E-state index is 0.132. The molecule has 1 saturated carbocycles. The quantitative estimate of drug-likeness (QED) is 0.897. The molecule has 4 heteroatoms. The zero-order valence-electron chi connectivity index (χ0n) is 12.1. The Morgan fingerprint density at radius 1 is 1.35 bits per heavy atom. The summed E-state index contributed by atoms with van der Waals surface area (Å²) in [4.78, 5) is 0. The van der Waals surface area contributed by atoms with Crippen molar-refractivity contribution in [2.24, 2.45) is 5.73 Å².